The topological polar surface area (TPSA) is 20.2 Å². The Morgan fingerprint density at radius 1 is 1.75 bits per heavy atom. The first kappa shape index (κ1) is 7.35. The Morgan fingerprint density at radius 2 is 2.42 bits per heavy atom. The third-order valence-electron chi connectivity index (χ3n) is 1.35. The molecule has 0 aliphatic rings. The van der Waals surface area contributed by atoms with Crippen LogP contribution in [0.3, 0.4) is 0 Å². The SMILES string of the molecule is [2H]C([2H])(O)c1c(F)cc(Br)cc1SC. The van der Waals surface area contributed by atoms with Crippen LogP contribution in [-0.2, 0) is 6.56 Å². The second-order valence-corrected chi connectivity index (χ2v) is 3.84. The molecule has 1 nitrogen and oxygen atoms in total. The molecule has 12 heavy (non-hydrogen) atoms. The van der Waals surface area contributed by atoms with Gasteiger partial charge in [-0.25, -0.2) is 4.39 Å². The van der Waals surface area contributed by atoms with Gasteiger partial charge in [-0.15, -0.1) is 11.8 Å². The number of rotatable bonds is 2. The largest absolute Gasteiger partial charge is 0.392 e. The standard InChI is InChI=1S/C8H8BrFOS/c1-12-8-3-5(9)2-7(10)6(8)4-11/h2-3,11H,4H2,1H3/i4D2. The molecular weight excluding hydrogens is 243 g/mol. The first-order valence-electron chi connectivity index (χ1n) is 4.12. The Bertz CT molecular complexity index is 354. The van der Waals surface area contributed by atoms with Crippen molar-refractivity contribution < 1.29 is 12.2 Å². The molecule has 0 unspecified atom stereocenters. The summed E-state index contributed by atoms with van der Waals surface area (Å²) < 4.78 is 28.0. The Morgan fingerprint density at radius 3 is 2.92 bits per heavy atom. The highest BCUT2D eigenvalue weighted by atomic mass is 79.9. The molecule has 0 spiro atoms. The Hall–Kier alpha value is -0.0600. The van der Waals surface area contributed by atoms with Crippen molar-refractivity contribution in [1.29, 1.82) is 0 Å². The highest BCUT2D eigenvalue weighted by Gasteiger charge is 2.07. The predicted molar refractivity (Wildman–Crippen MR) is 51.8 cm³/mol. The Balaban J connectivity index is 3.40. The van der Waals surface area contributed by atoms with E-state index in [1.807, 2.05) is 0 Å². The van der Waals surface area contributed by atoms with Crippen molar-refractivity contribution in [3.8, 4) is 0 Å². The molecule has 0 saturated carbocycles. The van der Waals surface area contributed by atoms with Crippen LogP contribution in [0, 0.1) is 5.82 Å². The molecule has 0 amide bonds. The first-order chi connectivity index (χ1) is 6.36. The van der Waals surface area contributed by atoms with Gasteiger partial charge in [0.05, 0.1) is 9.30 Å². The van der Waals surface area contributed by atoms with Crippen LogP contribution in [0.25, 0.3) is 0 Å². The van der Waals surface area contributed by atoms with E-state index < -0.39 is 12.4 Å². The van der Waals surface area contributed by atoms with E-state index in [4.69, 9.17) is 7.85 Å². The molecule has 0 bridgehead atoms. The van der Waals surface area contributed by atoms with E-state index in [1.54, 1.807) is 12.3 Å². The molecule has 0 radical (unpaired) electrons. The van der Waals surface area contributed by atoms with Gasteiger partial charge in [0, 0.05) is 14.9 Å². The third-order valence-corrected chi connectivity index (χ3v) is 2.57. The van der Waals surface area contributed by atoms with E-state index in [9.17, 15) is 4.39 Å². The second kappa shape index (κ2) is 4.25. The minimum atomic E-state index is -2.65. The molecule has 4 heteroatoms. The summed E-state index contributed by atoms with van der Waals surface area (Å²) in [6.07, 6.45) is 1.69. The van der Waals surface area contributed by atoms with Crippen LogP contribution >= 0.6 is 27.7 Å². The van der Waals surface area contributed by atoms with E-state index in [2.05, 4.69) is 15.9 Å². The van der Waals surface area contributed by atoms with Gasteiger partial charge >= 0.3 is 0 Å². The molecular formula is C8H8BrFOS. The lowest BCUT2D eigenvalue weighted by Crippen LogP contribution is -1.92. The zero-order valence-electron chi connectivity index (χ0n) is 8.27. The molecule has 0 aliphatic heterocycles. The van der Waals surface area contributed by atoms with Gasteiger partial charge < -0.3 is 5.11 Å². The highest BCUT2D eigenvalue weighted by molar-refractivity contribution is 9.10. The summed E-state index contributed by atoms with van der Waals surface area (Å²) in [6.45, 7) is -2.65. The molecule has 0 fully saturated rings. The van der Waals surface area contributed by atoms with Gasteiger partial charge in [-0.05, 0) is 18.4 Å². The maximum Gasteiger partial charge on any atom is 0.130 e. The summed E-state index contributed by atoms with van der Waals surface area (Å²) in [7, 11) is 0. The van der Waals surface area contributed by atoms with Crippen LogP contribution in [0.1, 0.15) is 8.30 Å². The number of halogens is 2. The molecule has 1 aromatic rings. The predicted octanol–water partition coefficient (Wildman–Crippen LogP) is 2.80. The van der Waals surface area contributed by atoms with Crippen LogP contribution in [0.15, 0.2) is 21.5 Å². The average molecular weight is 253 g/mol. The lowest BCUT2D eigenvalue weighted by Gasteiger charge is -2.05. The van der Waals surface area contributed by atoms with Crippen LogP contribution in [0.4, 0.5) is 4.39 Å². The summed E-state index contributed by atoms with van der Waals surface area (Å²) in [5, 5.41) is 9.14. The zero-order valence-corrected chi connectivity index (χ0v) is 8.67. The van der Waals surface area contributed by atoms with Crippen molar-refractivity contribution in [2.45, 2.75) is 11.5 Å². The van der Waals surface area contributed by atoms with Gasteiger partial charge in [-0.1, -0.05) is 15.9 Å². The van der Waals surface area contributed by atoms with Crippen LogP contribution in [0.2, 0.25) is 0 Å². The molecule has 1 aromatic carbocycles. The van der Waals surface area contributed by atoms with E-state index in [0.29, 0.717) is 9.37 Å². The summed E-state index contributed by atoms with van der Waals surface area (Å²) in [5.74, 6) is -0.753. The van der Waals surface area contributed by atoms with Gasteiger partial charge in [-0.3, -0.25) is 0 Å². The number of hydrogen-bond donors (Lipinski definition) is 1. The summed E-state index contributed by atoms with van der Waals surface area (Å²) in [6, 6.07) is 2.69. The molecule has 0 saturated heterocycles. The average Bonchev–Trinajstić information content (AvgIpc) is 1.99. The minimum Gasteiger partial charge on any atom is -0.392 e. The van der Waals surface area contributed by atoms with Gasteiger partial charge in [-0.2, -0.15) is 0 Å². The Kier molecular flexibility index (Phi) is 2.61. The van der Waals surface area contributed by atoms with E-state index in [-0.39, 0.29) is 5.56 Å². The normalized spacial score (nSPS) is 14.0. The van der Waals surface area contributed by atoms with E-state index >= 15 is 0 Å². The monoisotopic (exact) mass is 252 g/mol. The van der Waals surface area contributed by atoms with Crippen LogP contribution in [0.5, 0.6) is 0 Å². The van der Waals surface area contributed by atoms with Gasteiger partial charge in [0.15, 0.2) is 0 Å². The van der Waals surface area contributed by atoms with E-state index in [0.717, 1.165) is 6.07 Å². The first-order valence-corrected chi connectivity index (χ1v) is 5.14. The minimum absolute atomic E-state index is 0.312. The fourth-order valence-electron chi connectivity index (χ4n) is 0.819. The Labute approximate surface area is 85.9 Å². The molecule has 1 rings (SSSR count). The van der Waals surface area contributed by atoms with Crippen molar-refractivity contribution in [1.82, 2.24) is 0 Å². The number of benzene rings is 1. The smallest absolute Gasteiger partial charge is 0.130 e. The van der Waals surface area contributed by atoms with Crippen LogP contribution < -0.4 is 0 Å². The molecule has 0 heterocycles. The van der Waals surface area contributed by atoms with Crippen molar-refractivity contribution in [3.05, 3.63) is 28.0 Å². The molecule has 0 aromatic heterocycles. The number of aliphatic hydroxyl groups is 1. The fourth-order valence-corrected chi connectivity index (χ4v) is 1.99. The lowest BCUT2D eigenvalue weighted by atomic mass is 10.2. The quantitative estimate of drug-likeness (QED) is 0.818. The van der Waals surface area contributed by atoms with Crippen molar-refractivity contribution in [3.63, 3.8) is 0 Å². The van der Waals surface area contributed by atoms with Gasteiger partial charge in [0.25, 0.3) is 0 Å². The molecule has 0 atom stereocenters. The molecule has 66 valence electrons. The van der Waals surface area contributed by atoms with Crippen LogP contribution in [-0.4, -0.2) is 11.4 Å². The zero-order chi connectivity index (χ0) is 10.9. The van der Waals surface area contributed by atoms with Crippen molar-refractivity contribution in [2.75, 3.05) is 6.26 Å². The number of hydrogen-bond acceptors (Lipinski definition) is 2. The van der Waals surface area contributed by atoms with Gasteiger partial charge in [0.1, 0.15) is 5.82 Å². The van der Waals surface area contributed by atoms with Crippen molar-refractivity contribution >= 4 is 27.7 Å². The maximum atomic E-state index is 13.4. The van der Waals surface area contributed by atoms with E-state index in [1.165, 1.54) is 11.8 Å². The van der Waals surface area contributed by atoms with Gasteiger partial charge in [0.2, 0.25) is 0 Å². The molecule has 0 aliphatic carbocycles. The lowest BCUT2D eigenvalue weighted by molar-refractivity contribution is 0.272. The summed E-state index contributed by atoms with van der Waals surface area (Å²) in [4.78, 5) is 0.379. The second-order valence-electron chi connectivity index (χ2n) is 2.08. The maximum absolute atomic E-state index is 13.4. The number of thioether (sulfide) groups is 1. The molecule has 1 N–H and O–H groups in total. The fraction of sp³-hybridized carbons (Fsp3) is 0.250. The highest BCUT2D eigenvalue weighted by Crippen LogP contribution is 2.27. The summed E-state index contributed by atoms with van der Waals surface area (Å²) in [5.41, 5.74) is -0.312. The third kappa shape index (κ3) is 2.00. The summed E-state index contributed by atoms with van der Waals surface area (Å²) >= 11 is 4.28. The van der Waals surface area contributed by atoms with Crippen molar-refractivity contribution in [2.24, 2.45) is 0 Å².